The third kappa shape index (κ3) is 12.3. The Morgan fingerprint density at radius 2 is 1.71 bits per heavy atom. The van der Waals surface area contributed by atoms with Gasteiger partial charge in [-0.1, -0.05) is 19.3 Å². The highest BCUT2D eigenvalue weighted by molar-refractivity contribution is 6.20. The minimum absolute atomic E-state index is 0.122. The highest BCUT2D eigenvalue weighted by atomic mass is 35.5. The monoisotopic (exact) mass is 282 g/mol. The van der Waals surface area contributed by atoms with Gasteiger partial charge in [-0.3, -0.25) is 4.79 Å². The molecule has 0 saturated carbocycles. The number of alkyl halides is 2. The molecule has 0 aromatic carbocycles. The molecule has 0 rings (SSSR count). The van der Waals surface area contributed by atoms with E-state index in [9.17, 15) is 4.79 Å². The first-order valence-electron chi connectivity index (χ1n) is 6.41. The second-order valence-electron chi connectivity index (χ2n) is 4.48. The minimum Gasteiger partial charge on any atom is -0.469 e. The normalized spacial score (nSPS) is 14.4. The van der Waals surface area contributed by atoms with Crippen LogP contribution in [0, 0.1) is 0 Å². The Balaban J connectivity index is 3.27. The Kier molecular flexibility index (Phi) is 11.2. The van der Waals surface area contributed by atoms with Gasteiger partial charge in [0.15, 0.2) is 0 Å². The topological polar surface area (TPSA) is 26.3 Å². The third-order valence-electron chi connectivity index (χ3n) is 2.75. The smallest absolute Gasteiger partial charge is 0.305 e. The lowest BCUT2D eigenvalue weighted by Crippen LogP contribution is -2.02. The van der Waals surface area contributed by atoms with Crippen LogP contribution in [-0.4, -0.2) is 23.8 Å². The van der Waals surface area contributed by atoms with Gasteiger partial charge in [0, 0.05) is 17.2 Å². The molecule has 0 amide bonds. The maximum atomic E-state index is 10.9. The summed E-state index contributed by atoms with van der Waals surface area (Å²) in [4.78, 5) is 10.9. The maximum Gasteiger partial charge on any atom is 0.305 e. The molecular weight excluding hydrogens is 259 g/mol. The largest absolute Gasteiger partial charge is 0.469 e. The van der Waals surface area contributed by atoms with Crippen molar-refractivity contribution in [2.24, 2.45) is 0 Å². The Morgan fingerprint density at radius 1 is 1.06 bits per heavy atom. The molecule has 2 unspecified atom stereocenters. The number of carbonyl (C=O) groups is 1. The van der Waals surface area contributed by atoms with Gasteiger partial charge in [0.1, 0.15) is 0 Å². The molecule has 2 nitrogen and oxygen atoms in total. The van der Waals surface area contributed by atoms with Crippen LogP contribution >= 0.6 is 23.2 Å². The van der Waals surface area contributed by atoms with E-state index in [4.69, 9.17) is 23.2 Å². The summed E-state index contributed by atoms with van der Waals surface area (Å²) in [6.07, 6.45) is 7.75. The van der Waals surface area contributed by atoms with E-state index < -0.39 is 0 Å². The molecule has 0 aliphatic carbocycles. The van der Waals surface area contributed by atoms with Crippen LogP contribution in [0.1, 0.15) is 58.3 Å². The number of unbranched alkanes of at least 4 members (excludes halogenated alkanes) is 2. The zero-order valence-electron chi connectivity index (χ0n) is 10.9. The van der Waals surface area contributed by atoms with Crippen molar-refractivity contribution >= 4 is 29.2 Å². The van der Waals surface area contributed by atoms with E-state index in [0.717, 1.165) is 44.9 Å². The molecule has 0 heterocycles. The first kappa shape index (κ1) is 17.1. The number of esters is 1. The Hall–Kier alpha value is 0.0500. The van der Waals surface area contributed by atoms with Gasteiger partial charge < -0.3 is 4.74 Å². The van der Waals surface area contributed by atoms with E-state index in [2.05, 4.69) is 4.74 Å². The second-order valence-corrected chi connectivity index (χ2v) is 5.85. The summed E-state index contributed by atoms with van der Waals surface area (Å²) < 4.78 is 4.58. The lowest BCUT2D eigenvalue weighted by molar-refractivity contribution is -0.140. The Morgan fingerprint density at radius 3 is 2.29 bits per heavy atom. The van der Waals surface area contributed by atoms with Crippen molar-refractivity contribution in [2.45, 2.75) is 69.0 Å². The fourth-order valence-corrected chi connectivity index (χ4v) is 2.14. The summed E-state index contributed by atoms with van der Waals surface area (Å²) in [5.74, 6) is -0.122. The third-order valence-corrected chi connectivity index (χ3v) is 3.40. The summed E-state index contributed by atoms with van der Waals surface area (Å²) in [7, 11) is 1.43. The van der Waals surface area contributed by atoms with Crippen molar-refractivity contribution in [3.8, 4) is 0 Å². The van der Waals surface area contributed by atoms with Crippen LogP contribution in [0.15, 0.2) is 0 Å². The maximum absolute atomic E-state index is 10.9. The van der Waals surface area contributed by atoms with Crippen LogP contribution in [-0.2, 0) is 9.53 Å². The average molecular weight is 283 g/mol. The van der Waals surface area contributed by atoms with Crippen molar-refractivity contribution in [3.63, 3.8) is 0 Å². The highest BCUT2D eigenvalue weighted by Gasteiger charge is 2.06. The molecule has 0 fully saturated rings. The standard InChI is InChI=1S/C13H24Cl2O2/c1-11(14)7-6-9-12(15)8-4-3-5-10-13(16)17-2/h11-12H,3-10H2,1-2H3. The summed E-state index contributed by atoms with van der Waals surface area (Å²) in [6.45, 7) is 2.01. The molecule has 0 aliphatic rings. The first-order chi connectivity index (χ1) is 8.06. The van der Waals surface area contributed by atoms with E-state index >= 15 is 0 Å². The van der Waals surface area contributed by atoms with Gasteiger partial charge in [0.2, 0.25) is 0 Å². The molecule has 0 bridgehead atoms. The molecule has 0 N–H and O–H groups in total. The fraction of sp³-hybridized carbons (Fsp3) is 0.923. The van der Waals surface area contributed by atoms with Gasteiger partial charge in [0.05, 0.1) is 7.11 Å². The van der Waals surface area contributed by atoms with E-state index in [-0.39, 0.29) is 16.7 Å². The summed E-state index contributed by atoms with van der Waals surface area (Å²) in [6, 6.07) is 0. The van der Waals surface area contributed by atoms with Crippen molar-refractivity contribution in [3.05, 3.63) is 0 Å². The summed E-state index contributed by atoms with van der Waals surface area (Å²) in [5.41, 5.74) is 0. The molecule has 0 aromatic heterocycles. The Bertz CT molecular complexity index is 196. The quantitative estimate of drug-likeness (QED) is 0.335. The van der Waals surface area contributed by atoms with Crippen LogP contribution < -0.4 is 0 Å². The van der Waals surface area contributed by atoms with Crippen LogP contribution in [0.3, 0.4) is 0 Å². The lowest BCUT2D eigenvalue weighted by Gasteiger charge is -2.09. The molecule has 0 radical (unpaired) electrons. The number of ether oxygens (including phenoxy) is 1. The number of carbonyl (C=O) groups excluding carboxylic acids is 1. The molecule has 4 heteroatoms. The summed E-state index contributed by atoms with van der Waals surface area (Å²) in [5, 5.41) is 0.502. The van der Waals surface area contributed by atoms with Crippen LogP contribution in [0.2, 0.25) is 0 Å². The van der Waals surface area contributed by atoms with Crippen LogP contribution in [0.5, 0.6) is 0 Å². The van der Waals surface area contributed by atoms with Gasteiger partial charge in [-0.25, -0.2) is 0 Å². The average Bonchev–Trinajstić information content (AvgIpc) is 2.27. The van der Waals surface area contributed by atoms with Gasteiger partial charge in [-0.2, -0.15) is 0 Å². The molecular formula is C13H24Cl2O2. The molecule has 102 valence electrons. The predicted octanol–water partition coefficient (Wildman–Crippen LogP) is 4.51. The van der Waals surface area contributed by atoms with Gasteiger partial charge in [-0.15, -0.1) is 23.2 Å². The molecule has 2 atom stereocenters. The molecule has 0 aromatic rings. The zero-order valence-corrected chi connectivity index (χ0v) is 12.4. The van der Waals surface area contributed by atoms with Gasteiger partial charge >= 0.3 is 5.97 Å². The lowest BCUT2D eigenvalue weighted by atomic mass is 10.1. The van der Waals surface area contributed by atoms with E-state index in [1.54, 1.807) is 0 Å². The number of hydrogen-bond acceptors (Lipinski definition) is 2. The van der Waals surface area contributed by atoms with E-state index in [0.29, 0.717) is 6.42 Å². The number of hydrogen-bond donors (Lipinski definition) is 0. The van der Waals surface area contributed by atoms with Gasteiger partial charge in [-0.05, 0) is 32.6 Å². The number of halogens is 2. The Labute approximate surface area is 115 Å². The van der Waals surface area contributed by atoms with Crippen molar-refractivity contribution in [1.29, 1.82) is 0 Å². The van der Waals surface area contributed by atoms with E-state index in [1.165, 1.54) is 7.11 Å². The SMILES string of the molecule is COC(=O)CCCCCC(Cl)CCCC(C)Cl. The molecule has 0 saturated heterocycles. The second kappa shape index (κ2) is 11.2. The highest BCUT2D eigenvalue weighted by Crippen LogP contribution is 2.17. The predicted molar refractivity (Wildman–Crippen MR) is 73.9 cm³/mol. The first-order valence-corrected chi connectivity index (χ1v) is 7.28. The zero-order chi connectivity index (χ0) is 13.1. The van der Waals surface area contributed by atoms with Crippen LogP contribution in [0.25, 0.3) is 0 Å². The summed E-state index contributed by atoms with van der Waals surface area (Å²) >= 11 is 12.1. The van der Waals surface area contributed by atoms with Crippen molar-refractivity contribution in [1.82, 2.24) is 0 Å². The van der Waals surface area contributed by atoms with Crippen molar-refractivity contribution in [2.75, 3.05) is 7.11 Å². The number of rotatable bonds is 10. The molecule has 0 aliphatic heterocycles. The fourth-order valence-electron chi connectivity index (χ4n) is 1.68. The molecule has 17 heavy (non-hydrogen) atoms. The van der Waals surface area contributed by atoms with Crippen LogP contribution in [0.4, 0.5) is 0 Å². The van der Waals surface area contributed by atoms with Gasteiger partial charge in [0.25, 0.3) is 0 Å². The minimum atomic E-state index is -0.122. The van der Waals surface area contributed by atoms with Crippen molar-refractivity contribution < 1.29 is 9.53 Å². The van der Waals surface area contributed by atoms with E-state index in [1.807, 2.05) is 6.92 Å². The number of methoxy groups -OCH3 is 1. The molecule has 0 spiro atoms.